The summed E-state index contributed by atoms with van der Waals surface area (Å²) < 4.78 is 10.4. The van der Waals surface area contributed by atoms with Crippen LogP contribution in [0.1, 0.15) is 0 Å². The van der Waals surface area contributed by atoms with Crippen LogP contribution in [0.15, 0.2) is 42.5 Å². The number of carbonyl (C=O) groups excluding carboxylic acids is 1. The van der Waals surface area contributed by atoms with Crippen molar-refractivity contribution in [3.05, 3.63) is 47.5 Å². The van der Waals surface area contributed by atoms with Crippen LogP contribution in [0.4, 0.5) is 16.2 Å². The first-order valence-electron chi connectivity index (χ1n) is 6.19. The predicted octanol–water partition coefficient (Wildman–Crippen LogP) is 3.22. The molecule has 1 aliphatic rings. The number of amides is 2. The maximum Gasteiger partial charge on any atom is 0.337 e. The zero-order valence-electron chi connectivity index (χ0n) is 10.9. The molecule has 6 nitrogen and oxygen atoms in total. The molecule has 0 aliphatic carbocycles. The van der Waals surface area contributed by atoms with Gasteiger partial charge in [-0.05, 0) is 24.3 Å². The van der Waals surface area contributed by atoms with E-state index in [0.29, 0.717) is 27.9 Å². The molecule has 21 heavy (non-hydrogen) atoms. The Morgan fingerprint density at radius 3 is 2.76 bits per heavy atom. The molecule has 0 unspecified atom stereocenters. The second-order valence-corrected chi connectivity index (χ2v) is 4.66. The highest BCUT2D eigenvalue weighted by molar-refractivity contribution is 6.33. The number of anilines is 2. The topological polar surface area (TPSA) is 71.6 Å². The molecule has 3 rings (SSSR count). The largest absolute Gasteiger partial charge is 0.454 e. The number of rotatable bonds is 3. The number of carbonyl (C=O) groups is 1. The van der Waals surface area contributed by atoms with E-state index in [1.165, 1.54) is 0 Å². The van der Waals surface area contributed by atoms with Crippen molar-refractivity contribution in [3.8, 4) is 11.5 Å². The minimum atomic E-state index is -0.422. The van der Waals surface area contributed by atoms with Gasteiger partial charge in [-0.15, -0.1) is 0 Å². The number of ether oxygens (including phenoxy) is 2. The van der Waals surface area contributed by atoms with Gasteiger partial charge < -0.3 is 14.8 Å². The number of halogens is 1. The molecule has 0 spiro atoms. The molecule has 2 aromatic carbocycles. The molecule has 3 N–H and O–H groups in total. The summed E-state index contributed by atoms with van der Waals surface area (Å²) in [5, 5.41) is 3.18. The summed E-state index contributed by atoms with van der Waals surface area (Å²) in [5.74, 6) is 1.27. The van der Waals surface area contributed by atoms with E-state index >= 15 is 0 Å². The SMILES string of the molecule is O=C(NNc1ccccc1Cl)Nc1ccc2c(c1)OCO2. The second-order valence-electron chi connectivity index (χ2n) is 4.25. The van der Waals surface area contributed by atoms with Crippen LogP contribution in [0.3, 0.4) is 0 Å². The average Bonchev–Trinajstić information content (AvgIpc) is 2.94. The van der Waals surface area contributed by atoms with Gasteiger partial charge in [-0.1, -0.05) is 23.7 Å². The third-order valence-electron chi connectivity index (χ3n) is 2.81. The molecular weight excluding hydrogens is 294 g/mol. The highest BCUT2D eigenvalue weighted by atomic mass is 35.5. The zero-order valence-corrected chi connectivity index (χ0v) is 11.6. The quantitative estimate of drug-likeness (QED) is 0.761. The lowest BCUT2D eigenvalue weighted by Crippen LogP contribution is -2.33. The van der Waals surface area contributed by atoms with E-state index in [-0.39, 0.29) is 6.79 Å². The van der Waals surface area contributed by atoms with Gasteiger partial charge in [0, 0.05) is 11.8 Å². The Kier molecular flexibility index (Phi) is 3.70. The van der Waals surface area contributed by atoms with E-state index in [1.807, 2.05) is 6.07 Å². The number of fused-ring (bicyclic) bond motifs is 1. The molecule has 0 fully saturated rings. The summed E-state index contributed by atoms with van der Waals surface area (Å²) in [4.78, 5) is 11.8. The van der Waals surface area contributed by atoms with E-state index in [9.17, 15) is 4.79 Å². The van der Waals surface area contributed by atoms with Crippen molar-refractivity contribution < 1.29 is 14.3 Å². The highest BCUT2D eigenvalue weighted by Gasteiger charge is 2.14. The minimum Gasteiger partial charge on any atom is -0.454 e. The smallest absolute Gasteiger partial charge is 0.337 e. The van der Waals surface area contributed by atoms with Crippen molar-refractivity contribution in [1.82, 2.24) is 5.43 Å². The number of hydrogen-bond acceptors (Lipinski definition) is 4. The Morgan fingerprint density at radius 1 is 1.10 bits per heavy atom. The first-order valence-corrected chi connectivity index (χ1v) is 6.57. The lowest BCUT2D eigenvalue weighted by Gasteiger charge is -2.11. The lowest BCUT2D eigenvalue weighted by atomic mass is 10.3. The first kappa shape index (κ1) is 13.4. The number of hydrogen-bond donors (Lipinski definition) is 3. The van der Waals surface area contributed by atoms with Crippen LogP contribution in [-0.4, -0.2) is 12.8 Å². The van der Waals surface area contributed by atoms with E-state index in [2.05, 4.69) is 16.2 Å². The average molecular weight is 306 g/mol. The molecular formula is C14H12ClN3O3. The Morgan fingerprint density at radius 2 is 1.90 bits per heavy atom. The maximum atomic E-state index is 11.8. The second kappa shape index (κ2) is 5.80. The molecule has 1 heterocycles. The van der Waals surface area contributed by atoms with Crippen LogP contribution in [0.25, 0.3) is 0 Å². The van der Waals surface area contributed by atoms with E-state index < -0.39 is 6.03 Å². The summed E-state index contributed by atoms with van der Waals surface area (Å²) >= 11 is 5.97. The van der Waals surface area contributed by atoms with Crippen molar-refractivity contribution in [2.24, 2.45) is 0 Å². The summed E-state index contributed by atoms with van der Waals surface area (Å²) in [7, 11) is 0. The van der Waals surface area contributed by atoms with E-state index in [1.54, 1.807) is 36.4 Å². The van der Waals surface area contributed by atoms with Crippen molar-refractivity contribution in [2.75, 3.05) is 17.5 Å². The van der Waals surface area contributed by atoms with E-state index in [0.717, 1.165) is 0 Å². The predicted molar refractivity (Wildman–Crippen MR) is 79.8 cm³/mol. The van der Waals surface area contributed by atoms with Crippen molar-refractivity contribution in [3.63, 3.8) is 0 Å². The number of urea groups is 1. The van der Waals surface area contributed by atoms with Crippen LogP contribution < -0.4 is 25.6 Å². The Bertz CT molecular complexity index is 678. The monoisotopic (exact) mass is 305 g/mol. The highest BCUT2D eigenvalue weighted by Crippen LogP contribution is 2.34. The van der Waals surface area contributed by atoms with Crippen LogP contribution in [-0.2, 0) is 0 Å². The summed E-state index contributed by atoms with van der Waals surface area (Å²) in [6.45, 7) is 0.193. The van der Waals surface area contributed by atoms with Crippen molar-refractivity contribution >= 4 is 29.0 Å². The van der Waals surface area contributed by atoms with Crippen LogP contribution >= 0.6 is 11.6 Å². The van der Waals surface area contributed by atoms with Gasteiger partial charge in [-0.25, -0.2) is 4.79 Å². The number of benzene rings is 2. The first-order chi connectivity index (χ1) is 10.2. The Labute approximate surface area is 126 Å². The van der Waals surface area contributed by atoms with Gasteiger partial charge >= 0.3 is 6.03 Å². The fourth-order valence-electron chi connectivity index (χ4n) is 1.82. The maximum absolute atomic E-state index is 11.8. The molecule has 2 aromatic rings. The van der Waals surface area contributed by atoms with Gasteiger partial charge in [0.15, 0.2) is 11.5 Å². The third-order valence-corrected chi connectivity index (χ3v) is 3.14. The number of nitrogens with one attached hydrogen (secondary N) is 3. The van der Waals surface area contributed by atoms with Crippen LogP contribution in [0.5, 0.6) is 11.5 Å². The lowest BCUT2D eigenvalue weighted by molar-refractivity contribution is 0.174. The number of para-hydroxylation sites is 1. The molecule has 0 atom stereocenters. The van der Waals surface area contributed by atoms with Crippen molar-refractivity contribution in [2.45, 2.75) is 0 Å². The standard InChI is InChI=1S/C14H12ClN3O3/c15-10-3-1-2-4-11(10)17-18-14(19)16-9-5-6-12-13(7-9)21-8-20-12/h1-7,17H,8H2,(H2,16,18,19). The molecule has 108 valence electrons. The minimum absolute atomic E-state index is 0.193. The third kappa shape index (κ3) is 3.11. The Hall–Kier alpha value is -2.60. The van der Waals surface area contributed by atoms with Gasteiger partial charge in [0.2, 0.25) is 6.79 Å². The fourth-order valence-corrected chi connectivity index (χ4v) is 2.01. The number of hydrazine groups is 1. The molecule has 0 aromatic heterocycles. The van der Waals surface area contributed by atoms with Gasteiger partial charge in [0.25, 0.3) is 0 Å². The molecule has 7 heteroatoms. The molecule has 0 saturated heterocycles. The van der Waals surface area contributed by atoms with Gasteiger partial charge in [-0.2, -0.15) is 0 Å². The van der Waals surface area contributed by atoms with Crippen LogP contribution in [0, 0.1) is 0 Å². The molecule has 1 aliphatic heterocycles. The molecule has 0 saturated carbocycles. The van der Waals surface area contributed by atoms with Gasteiger partial charge in [-0.3, -0.25) is 10.9 Å². The molecule has 2 amide bonds. The molecule has 0 radical (unpaired) electrons. The Balaban J connectivity index is 1.58. The van der Waals surface area contributed by atoms with Crippen LogP contribution in [0.2, 0.25) is 5.02 Å². The molecule has 0 bridgehead atoms. The zero-order chi connectivity index (χ0) is 14.7. The van der Waals surface area contributed by atoms with Gasteiger partial charge in [0.05, 0.1) is 10.7 Å². The summed E-state index contributed by atoms with van der Waals surface area (Å²) in [5.41, 5.74) is 6.44. The fraction of sp³-hybridized carbons (Fsp3) is 0.0714. The normalized spacial score (nSPS) is 11.9. The summed E-state index contributed by atoms with van der Waals surface area (Å²) in [6.07, 6.45) is 0. The van der Waals surface area contributed by atoms with Crippen molar-refractivity contribution in [1.29, 1.82) is 0 Å². The van der Waals surface area contributed by atoms with E-state index in [4.69, 9.17) is 21.1 Å². The summed E-state index contributed by atoms with van der Waals surface area (Å²) in [6, 6.07) is 11.8. The van der Waals surface area contributed by atoms with Gasteiger partial charge in [0.1, 0.15) is 0 Å².